The molecule has 3 N–H and O–H groups in total. The van der Waals surface area contributed by atoms with Gasteiger partial charge in [-0.3, -0.25) is 4.79 Å². The van der Waals surface area contributed by atoms with Crippen LogP contribution in [0.1, 0.15) is 44.0 Å². The molecule has 0 aliphatic heterocycles. The molecule has 0 spiro atoms. The van der Waals surface area contributed by atoms with Gasteiger partial charge in [-0.05, 0) is 31.9 Å². The molecule has 7 nitrogen and oxygen atoms in total. The summed E-state index contributed by atoms with van der Waals surface area (Å²) < 4.78 is 5.23. The van der Waals surface area contributed by atoms with Crippen LogP contribution in [0.25, 0.3) is 0 Å². The van der Waals surface area contributed by atoms with Gasteiger partial charge in [-0.2, -0.15) is 0 Å². The van der Waals surface area contributed by atoms with Gasteiger partial charge in [0.05, 0.1) is 0 Å². The van der Waals surface area contributed by atoms with E-state index in [9.17, 15) is 19.5 Å². The van der Waals surface area contributed by atoms with E-state index in [1.165, 1.54) is 0 Å². The molecule has 0 aliphatic carbocycles. The standard InChI is InChI=1S/C21H24N2O5/c1-21(2,3)28-20(27)23-16(14-10-6-4-7-11-14)18(24)22-17(19(25)26)15-12-8-5-9-13-15/h4-13,16-17H,1-3H3,(H,22,24)(H,23,27)(H,25,26)/t16-,17-/m1/s1. The van der Waals surface area contributed by atoms with Crippen LogP contribution >= 0.6 is 0 Å². The first kappa shape index (κ1) is 21.0. The highest BCUT2D eigenvalue weighted by atomic mass is 16.6. The van der Waals surface area contributed by atoms with Crippen LogP contribution in [-0.4, -0.2) is 28.7 Å². The van der Waals surface area contributed by atoms with E-state index in [-0.39, 0.29) is 0 Å². The summed E-state index contributed by atoms with van der Waals surface area (Å²) >= 11 is 0. The molecule has 7 heteroatoms. The lowest BCUT2D eigenvalue weighted by atomic mass is 10.0. The second-order valence-electron chi connectivity index (χ2n) is 7.18. The molecule has 0 aromatic heterocycles. The minimum atomic E-state index is -1.25. The van der Waals surface area contributed by atoms with Gasteiger partial charge in [0, 0.05) is 0 Å². The predicted molar refractivity (Wildman–Crippen MR) is 104 cm³/mol. The number of carboxylic acid groups (broad SMARTS) is 1. The van der Waals surface area contributed by atoms with E-state index >= 15 is 0 Å². The Morgan fingerprint density at radius 1 is 0.821 bits per heavy atom. The van der Waals surface area contributed by atoms with Gasteiger partial charge in [0.25, 0.3) is 0 Å². The highest BCUT2D eigenvalue weighted by Gasteiger charge is 2.30. The quantitative estimate of drug-likeness (QED) is 0.709. The molecular weight excluding hydrogens is 360 g/mol. The fourth-order valence-electron chi connectivity index (χ4n) is 2.53. The first-order valence-electron chi connectivity index (χ1n) is 8.80. The SMILES string of the molecule is CC(C)(C)OC(=O)N[C@@H](C(=O)N[C@@H](C(=O)O)c1ccccc1)c1ccccc1. The minimum Gasteiger partial charge on any atom is -0.479 e. The number of hydrogen-bond acceptors (Lipinski definition) is 4. The molecule has 0 saturated carbocycles. The van der Waals surface area contributed by atoms with E-state index in [1.807, 2.05) is 0 Å². The zero-order valence-electron chi connectivity index (χ0n) is 16.0. The van der Waals surface area contributed by atoms with Crippen LogP contribution in [0.3, 0.4) is 0 Å². The summed E-state index contributed by atoms with van der Waals surface area (Å²) in [6.07, 6.45) is -0.775. The number of hydrogen-bond donors (Lipinski definition) is 3. The van der Waals surface area contributed by atoms with Crippen LogP contribution in [0.4, 0.5) is 4.79 Å². The highest BCUT2D eigenvalue weighted by Crippen LogP contribution is 2.18. The number of aliphatic carboxylic acids is 1. The molecule has 0 saturated heterocycles. The summed E-state index contributed by atoms with van der Waals surface area (Å²) in [5, 5.41) is 14.5. The summed E-state index contributed by atoms with van der Waals surface area (Å²) in [5.41, 5.74) is 0.186. The Hall–Kier alpha value is -3.35. The molecule has 28 heavy (non-hydrogen) atoms. The number of carbonyl (C=O) groups excluding carboxylic acids is 2. The Bertz CT molecular complexity index is 816. The molecular formula is C21H24N2O5. The third-order valence-electron chi connectivity index (χ3n) is 3.72. The minimum absolute atomic E-state index is 0.424. The molecule has 2 amide bonds. The highest BCUT2D eigenvalue weighted by molar-refractivity contribution is 5.90. The van der Waals surface area contributed by atoms with Crippen molar-refractivity contribution in [1.29, 1.82) is 0 Å². The van der Waals surface area contributed by atoms with Crippen LogP contribution < -0.4 is 10.6 Å². The maximum atomic E-state index is 12.9. The third kappa shape index (κ3) is 6.12. The van der Waals surface area contributed by atoms with E-state index < -0.39 is 35.7 Å². The summed E-state index contributed by atoms with van der Waals surface area (Å²) in [7, 11) is 0. The predicted octanol–water partition coefficient (Wildman–Crippen LogP) is 3.19. The summed E-state index contributed by atoms with van der Waals surface area (Å²) in [5.74, 6) is -1.86. The Morgan fingerprint density at radius 2 is 1.29 bits per heavy atom. The normalized spacial score (nSPS) is 13.1. The topological polar surface area (TPSA) is 105 Å². The summed E-state index contributed by atoms with van der Waals surface area (Å²) in [4.78, 5) is 36.8. The maximum absolute atomic E-state index is 12.9. The van der Waals surface area contributed by atoms with Crippen molar-refractivity contribution in [3.8, 4) is 0 Å². The molecule has 0 aliphatic rings. The van der Waals surface area contributed by atoms with E-state index in [2.05, 4.69) is 10.6 Å². The molecule has 0 fully saturated rings. The van der Waals surface area contributed by atoms with E-state index in [1.54, 1.807) is 81.4 Å². The number of alkyl carbamates (subject to hydrolysis) is 1. The summed E-state index contributed by atoms with van der Waals surface area (Å²) in [6.45, 7) is 5.13. The molecule has 0 radical (unpaired) electrons. The monoisotopic (exact) mass is 384 g/mol. The van der Waals surface area contributed by atoms with Gasteiger partial charge in [0.15, 0.2) is 6.04 Å². The van der Waals surface area contributed by atoms with E-state index in [4.69, 9.17) is 4.74 Å². The molecule has 2 atom stereocenters. The Balaban J connectivity index is 2.25. The van der Waals surface area contributed by atoms with Crippen molar-refractivity contribution in [2.45, 2.75) is 38.5 Å². The lowest BCUT2D eigenvalue weighted by Gasteiger charge is -2.24. The number of carbonyl (C=O) groups is 3. The number of rotatable bonds is 6. The van der Waals surface area contributed by atoms with Gasteiger partial charge in [-0.25, -0.2) is 9.59 Å². The van der Waals surface area contributed by atoms with Crippen molar-refractivity contribution in [3.05, 3.63) is 71.8 Å². The lowest BCUT2D eigenvalue weighted by Crippen LogP contribution is -2.44. The molecule has 2 rings (SSSR count). The zero-order valence-corrected chi connectivity index (χ0v) is 16.0. The Kier molecular flexibility index (Phi) is 6.76. The largest absolute Gasteiger partial charge is 0.479 e. The van der Waals surface area contributed by atoms with Crippen LogP contribution in [0, 0.1) is 0 Å². The first-order chi connectivity index (χ1) is 13.2. The van der Waals surface area contributed by atoms with Gasteiger partial charge < -0.3 is 20.5 Å². The Labute approximate surface area is 163 Å². The van der Waals surface area contributed by atoms with Gasteiger partial charge in [0.2, 0.25) is 5.91 Å². The average molecular weight is 384 g/mol. The van der Waals surface area contributed by atoms with Gasteiger partial charge in [0.1, 0.15) is 11.6 Å². The number of benzene rings is 2. The fraction of sp³-hybridized carbons (Fsp3) is 0.286. The van der Waals surface area contributed by atoms with E-state index in [0.717, 1.165) is 0 Å². The van der Waals surface area contributed by atoms with Crippen LogP contribution in [0.2, 0.25) is 0 Å². The molecule has 0 unspecified atom stereocenters. The number of carboxylic acids is 1. The number of ether oxygens (including phenoxy) is 1. The van der Waals surface area contributed by atoms with Gasteiger partial charge in [-0.1, -0.05) is 60.7 Å². The van der Waals surface area contributed by atoms with Crippen molar-refractivity contribution in [3.63, 3.8) is 0 Å². The van der Waals surface area contributed by atoms with Crippen molar-refractivity contribution in [2.75, 3.05) is 0 Å². The zero-order chi connectivity index (χ0) is 20.7. The van der Waals surface area contributed by atoms with Crippen molar-refractivity contribution in [1.82, 2.24) is 10.6 Å². The number of amides is 2. The maximum Gasteiger partial charge on any atom is 0.408 e. The molecule has 2 aromatic rings. The third-order valence-corrected chi connectivity index (χ3v) is 3.72. The molecule has 0 heterocycles. The summed E-state index contributed by atoms with van der Waals surface area (Å²) in [6, 6.07) is 14.5. The van der Waals surface area contributed by atoms with Crippen LogP contribution in [-0.2, 0) is 14.3 Å². The van der Waals surface area contributed by atoms with Crippen molar-refractivity contribution in [2.24, 2.45) is 0 Å². The van der Waals surface area contributed by atoms with E-state index in [0.29, 0.717) is 11.1 Å². The first-order valence-corrected chi connectivity index (χ1v) is 8.80. The smallest absolute Gasteiger partial charge is 0.408 e. The van der Waals surface area contributed by atoms with Crippen molar-refractivity contribution < 1.29 is 24.2 Å². The average Bonchev–Trinajstić information content (AvgIpc) is 2.63. The van der Waals surface area contributed by atoms with Crippen molar-refractivity contribution >= 4 is 18.0 Å². The van der Waals surface area contributed by atoms with Gasteiger partial charge in [-0.15, -0.1) is 0 Å². The molecule has 0 bridgehead atoms. The Morgan fingerprint density at radius 3 is 1.71 bits per heavy atom. The molecule has 148 valence electrons. The van der Waals surface area contributed by atoms with Crippen LogP contribution in [0.15, 0.2) is 60.7 Å². The number of nitrogens with one attached hydrogen (secondary N) is 2. The second-order valence-corrected chi connectivity index (χ2v) is 7.18. The fourth-order valence-corrected chi connectivity index (χ4v) is 2.53. The second kappa shape index (κ2) is 9.03. The van der Waals surface area contributed by atoms with Gasteiger partial charge >= 0.3 is 12.1 Å². The van der Waals surface area contributed by atoms with Crippen LogP contribution in [0.5, 0.6) is 0 Å². The lowest BCUT2D eigenvalue weighted by molar-refractivity contribution is -0.142. The molecule has 2 aromatic carbocycles.